The molecule has 1 aromatic heterocycles. The van der Waals surface area contributed by atoms with E-state index < -0.39 is 41.0 Å². The number of nitrogens with zero attached hydrogens (tertiary/aromatic N) is 1. The summed E-state index contributed by atoms with van der Waals surface area (Å²) in [5.41, 5.74) is -3.82. The molecule has 1 N–H and O–H groups in total. The zero-order valence-electron chi connectivity index (χ0n) is 14.3. The zero-order valence-corrected chi connectivity index (χ0v) is 14.3. The van der Waals surface area contributed by atoms with Crippen LogP contribution < -0.4 is 5.32 Å². The summed E-state index contributed by atoms with van der Waals surface area (Å²) in [7, 11) is 3.37. The van der Waals surface area contributed by atoms with Crippen molar-refractivity contribution in [3.63, 3.8) is 0 Å². The highest BCUT2D eigenvalue weighted by Crippen LogP contribution is 2.36. The average Bonchev–Trinajstić information content (AvgIpc) is 3.06. The molecular weight excluding hydrogens is 378 g/mol. The third-order valence-electron chi connectivity index (χ3n) is 3.80. The van der Waals surface area contributed by atoms with Crippen molar-refractivity contribution in [1.82, 2.24) is 10.2 Å². The number of carbonyl (C=O) groups is 1. The fraction of sp³-hybridized carbons (Fsp3) is 0.353. The van der Waals surface area contributed by atoms with E-state index in [2.05, 4.69) is 5.32 Å². The van der Waals surface area contributed by atoms with Crippen molar-refractivity contribution in [1.29, 1.82) is 0 Å². The molecule has 2 rings (SSSR count). The SMILES string of the molecule is CN(C)C(CNC(=O)c1cc(C(F)(F)F)cc(C(F)(F)F)c1)c1ccco1. The number of hydrogen-bond acceptors (Lipinski definition) is 3. The van der Waals surface area contributed by atoms with E-state index in [4.69, 9.17) is 4.42 Å². The standard InChI is InChI=1S/C17H16F6N2O2/c1-25(2)13(14-4-3-5-27-14)9-24-15(26)10-6-11(16(18,19)20)8-12(7-10)17(21,22)23/h3-8,13H,9H2,1-2H3,(H,24,26). The van der Waals surface area contributed by atoms with E-state index in [1.54, 1.807) is 31.1 Å². The summed E-state index contributed by atoms with van der Waals surface area (Å²) in [4.78, 5) is 13.9. The Morgan fingerprint density at radius 3 is 2.04 bits per heavy atom. The van der Waals surface area contributed by atoms with E-state index in [-0.39, 0.29) is 12.6 Å². The molecule has 148 valence electrons. The van der Waals surface area contributed by atoms with E-state index in [9.17, 15) is 31.1 Å². The Balaban J connectivity index is 2.27. The monoisotopic (exact) mass is 394 g/mol. The largest absolute Gasteiger partial charge is 0.468 e. The van der Waals surface area contributed by atoms with Crippen LogP contribution in [0.2, 0.25) is 0 Å². The minimum Gasteiger partial charge on any atom is -0.468 e. The first kappa shape index (κ1) is 20.8. The Labute approximate surface area is 150 Å². The predicted octanol–water partition coefficient (Wildman–Crippen LogP) is 4.35. The number of furan rings is 1. The molecular formula is C17H16F6N2O2. The number of rotatable bonds is 5. The van der Waals surface area contributed by atoms with E-state index >= 15 is 0 Å². The molecule has 0 saturated carbocycles. The lowest BCUT2D eigenvalue weighted by Gasteiger charge is -2.22. The van der Waals surface area contributed by atoms with Crippen molar-refractivity contribution < 1.29 is 35.6 Å². The van der Waals surface area contributed by atoms with Crippen LogP contribution in [0.25, 0.3) is 0 Å². The molecule has 1 heterocycles. The summed E-state index contributed by atoms with van der Waals surface area (Å²) in [6, 6.07) is 3.57. The molecule has 1 amide bonds. The van der Waals surface area contributed by atoms with Crippen LogP contribution in [0.15, 0.2) is 41.0 Å². The Bertz CT molecular complexity index is 749. The molecule has 0 saturated heterocycles. The van der Waals surface area contributed by atoms with Gasteiger partial charge in [0.15, 0.2) is 0 Å². The van der Waals surface area contributed by atoms with Crippen LogP contribution in [0.4, 0.5) is 26.3 Å². The van der Waals surface area contributed by atoms with Gasteiger partial charge in [0.1, 0.15) is 5.76 Å². The Morgan fingerprint density at radius 1 is 1.07 bits per heavy atom. The second kappa shape index (κ2) is 7.63. The van der Waals surface area contributed by atoms with Crippen molar-refractivity contribution in [2.45, 2.75) is 18.4 Å². The first-order chi connectivity index (χ1) is 12.4. The molecule has 0 aliphatic carbocycles. The normalized spacial score (nSPS) is 13.7. The highest BCUT2D eigenvalue weighted by atomic mass is 19.4. The molecule has 10 heteroatoms. The van der Waals surface area contributed by atoms with Gasteiger partial charge >= 0.3 is 12.4 Å². The molecule has 0 fully saturated rings. The van der Waals surface area contributed by atoms with Crippen LogP contribution in [0, 0.1) is 0 Å². The lowest BCUT2D eigenvalue weighted by atomic mass is 10.0. The Kier molecular flexibility index (Phi) is 5.88. The van der Waals surface area contributed by atoms with Gasteiger partial charge < -0.3 is 9.73 Å². The van der Waals surface area contributed by atoms with Gasteiger partial charge in [0.05, 0.1) is 23.4 Å². The maximum atomic E-state index is 12.9. The van der Waals surface area contributed by atoms with Gasteiger partial charge in [0.2, 0.25) is 0 Å². The summed E-state index contributed by atoms with van der Waals surface area (Å²) in [5, 5.41) is 2.35. The molecule has 4 nitrogen and oxygen atoms in total. The fourth-order valence-corrected chi connectivity index (χ4v) is 2.40. The zero-order chi connectivity index (χ0) is 20.4. The third kappa shape index (κ3) is 5.25. The average molecular weight is 394 g/mol. The molecule has 2 aromatic rings. The van der Waals surface area contributed by atoms with Crippen LogP contribution in [0.5, 0.6) is 0 Å². The molecule has 0 bridgehead atoms. The number of likely N-dealkylation sites (N-methyl/N-ethyl adjacent to an activating group) is 1. The van der Waals surface area contributed by atoms with E-state index in [1.165, 1.54) is 6.26 Å². The predicted molar refractivity (Wildman–Crippen MR) is 83.9 cm³/mol. The van der Waals surface area contributed by atoms with Crippen molar-refractivity contribution in [2.75, 3.05) is 20.6 Å². The van der Waals surface area contributed by atoms with Crippen LogP contribution in [0.1, 0.15) is 33.3 Å². The lowest BCUT2D eigenvalue weighted by Crippen LogP contribution is -2.34. The number of halogens is 6. The first-order valence-electron chi connectivity index (χ1n) is 7.67. The van der Waals surface area contributed by atoms with Gasteiger partial charge in [-0.3, -0.25) is 9.69 Å². The highest BCUT2D eigenvalue weighted by molar-refractivity contribution is 5.94. The summed E-state index contributed by atoms with van der Waals surface area (Å²) in [6.45, 7) is -0.0725. The molecule has 0 spiro atoms. The minimum absolute atomic E-state index is 0.0255. The Hall–Kier alpha value is -2.49. The minimum atomic E-state index is -5.02. The molecule has 27 heavy (non-hydrogen) atoms. The first-order valence-corrected chi connectivity index (χ1v) is 7.67. The summed E-state index contributed by atoms with van der Waals surface area (Å²) >= 11 is 0. The number of hydrogen-bond donors (Lipinski definition) is 1. The number of benzene rings is 1. The van der Waals surface area contributed by atoms with Crippen LogP contribution in [-0.4, -0.2) is 31.4 Å². The van der Waals surface area contributed by atoms with Gasteiger partial charge in [0, 0.05) is 12.1 Å². The number of amides is 1. The second-order valence-corrected chi connectivity index (χ2v) is 6.00. The van der Waals surface area contributed by atoms with Crippen molar-refractivity contribution >= 4 is 5.91 Å². The van der Waals surface area contributed by atoms with E-state index in [0.717, 1.165) is 0 Å². The molecule has 0 aliphatic rings. The third-order valence-corrected chi connectivity index (χ3v) is 3.80. The smallest absolute Gasteiger partial charge is 0.416 e. The van der Waals surface area contributed by atoms with Gasteiger partial charge in [-0.1, -0.05) is 0 Å². The maximum Gasteiger partial charge on any atom is 0.416 e. The van der Waals surface area contributed by atoms with Gasteiger partial charge in [-0.2, -0.15) is 26.3 Å². The Morgan fingerprint density at radius 2 is 1.63 bits per heavy atom. The fourth-order valence-electron chi connectivity index (χ4n) is 2.40. The van der Waals surface area contributed by atoms with E-state index in [1.807, 2.05) is 0 Å². The molecule has 0 aliphatic heterocycles. The van der Waals surface area contributed by atoms with Gasteiger partial charge in [-0.15, -0.1) is 0 Å². The molecule has 1 aromatic carbocycles. The summed E-state index contributed by atoms with van der Waals surface area (Å²) in [5.74, 6) is -0.565. The van der Waals surface area contributed by atoms with Gasteiger partial charge in [0.25, 0.3) is 5.91 Å². The number of carbonyl (C=O) groups excluding carboxylic acids is 1. The van der Waals surface area contributed by atoms with Crippen LogP contribution in [-0.2, 0) is 12.4 Å². The summed E-state index contributed by atoms with van der Waals surface area (Å²) in [6.07, 6.45) is -8.62. The molecule has 0 radical (unpaired) electrons. The van der Waals surface area contributed by atoms with Crippen molar-refractivity contribution in [3.05, 3.63) is 59.0 Å². The van der Waals surface area contributed by atoms with Crippen molar-refractivity contribution in [2.24, 2.45) is 0 Å². The van der Waals surface area contributed by atoms with Crippen LogP contribution in [0.3, 0.4) is 0 Å². The van der Waals surface area contributed by atoms with E-state index in [0.29, 0.717) is 17.9 Å². The van der Waals surface area contributed by atoms with Crippen molar-refractivity contribution in [3.8, 4) is 0 Å². The highest BCUT2D eigenvalue weighted by Gasteiger charge is 2.37. The van der Waals surface area contributed by atoms with Gasteiger partial charge in [-0.05, 0) is 44.4 Å². The molecule has 1 atom stereocenters. The van der Waals surface area contributed by atoms with Gasteiger partial charge in [-0.25, -0.2) is 0 Å². The molecule has 1 unspecified atom stereocenters. The lowest BCUT2D eigenvalue weighted by molar-refractivity contribution is -0.143. The quantitative estimate of drug-likeness (QED) is 0.767. The number of alkyl halides is 6. The summed E-state index contributed by atoms with van der Waals surface area (Å²) < 4.78 is 82.6. The number of nitrogens with one attached hydrogen (secondary N) is 1. The maximum absolute atomic E-state index is 12.9. The van der Waals surface area contributed by atoms with Crippen LogP contribution >= 0.6 is 0 Å². The topological polar surface area (TPSA) is 45.5 Å². The second-order valence-electron chi connectivity index (χ2n) is 6.00.